The summed E-state index contributed by atoms with van der Waals surface area (Å²) in [5.74, 6) is 3.83. The van der Waals surface area contributed by atoms with Crippen molar-refractivity contribution in [3.05, 3.63) is 0 Å². The molecule has 0 N–H and O–H groups in total. The fraction of sp³-hybridized carbons (Fsp3) is 1.00. The van der Waals surface area contributed by atoms with Crippen molar-refractivity contribution in [2.75, 3.05) is 0 Å². The van der Waals surface area contributed by atoms with E-state index in [4.69, 9.17) is 0 Å². The third-order valence-corrected chi connectivity index (χ3v) is 5.66. The Labute approximate surface area is 135 Å². The summed E-state index contributed by atoms with van der Waals surface area (Å²) >= 11 is 0. The summed E-state index contributed by atoms with van der Waals surface area (Å²) in [7, 11) is 0. The Kier molecular flexibility index (Phi) is 10.5. The second kappa shape index (κ2) is 11.6. The van der Waals surface area contributed by atoms with E-state index in [0.29, 0.717) is 0 Å². The highest BCUT2D eigenvalue weighted by Crippen LogP contribution is 2.32. The Hall–Kier alpha value is 0. The van der Waals surface area contributed by atoms with Crippen molar-refractivity contribution in [2.45, 2.75) is 111 Å². The Bertz CT molecular complexity index is 228. The van der Waals surface area contributed by atoms with E-state index in [-0.39, 0.29) is 0 Å². The van der Waals surface area contributed by atoms with Crippen molar-refractivity contribution < 1.29 is 0 Å². The molecule has 0 nitrogen and oxygen atoms in total. The molecule has 1 rings (SSSR count). The maximum atomic E-state index is 2.45. The minimum absolute atomic E-state index is 0.893. The van der Waals surface area contributed by atoms with Gasteiger partial charge in [0.1, 0.15) is 0 Å². The van der Waals surface area contributed by atoms with E-state index in [1.807, 2.05) is 0 Å². The molecule has 1 saturated carbocycles. The second-order valence-electron chi connectivity index (χ2n) is 8.48. The van der Waals surface area contributed by atoms with Crippen LogP contribution in [0.4, 0.5) is 0 Å². The zero-order valence-corrected chi connectivity index (χ0v) is 15.5. The van der Waals surface area contributed by atoms with Gasteiger partial charge >= 0.3 is 0 Å². The van der Waals surface area contributed by atoms with Crippen LogP contribution in [0.1, 0.15) is 111 Å². The lowest BCUT2D eigenvalue weighted by atomic mass is 9.78. The van der Waals surface area contributed by atoms with Crippen molar-refractivity contribution in [1.82, 2.24) is 0 Å². The molecule has 1 aliphatic rings. The summed E-state index contributed by atoms with van der Waals surface area (Å²) < 4.78 is 0. The molecule has 0 saturated heterocycles. The Morgan fingerprint density at radius 3 is 2.10 bits per heavy atom. The predicted molar refractivity (Wildman–Crippen MR) is 96.7 cm³/mol. The molecule has 2 atom stereocenters. The molecule has 0 aromatic carbocycles. The molecule has 0 amide bonds. The lowest BCUT2D eigenvalue weighted by Crippen LogP contribution is -2.16. The van der Waals surface area contributed by atoms with Crippen LogP contribution in [-0.4, -0.2) is 0 Å². The third kappa shape index (κ3) is 9.59. The van der Waals surface area contributed by atoms with Gasteiger partial charge in [0.2, 0.25) is 0 Å². The van der Waals surface area contributed by atoms with Crippen molar-refractivity contribution in [2.24, 2.45) is 23.7 Å². The average Bonchev–Trinajstić information content (AvgIpc) is 2.44. The van der Waals surface area contributed by atoms with Gasteiger partial charge in [-0.3, -0.25) is 0 Å². The first kappa shape index (κ1) is 19.0. The minimum Gasteiger partial charge on any atom is -0.0628 e. The standard InChI is InChI=1S/C21H42/c1-18(2)13-9-8-11-15-20-14-10-6-5-7-12-16-21(17-20)19(3)4/h18-21H,5-17H2,1-4H3. The van der Waals surface area contributed by atoms with Crippen LogP contribution in [0.25, 0.3) is 0 Å². The van der Waals surface area contributed by atoms with Gasteiger partial charge in [-0.05, 0) is 30.1 Å². The normalized spacial score (nSPS) is 25.4. The van der Waals surface area contributed by atoms with E-state index in [1.165, 1.54) is 83.5 Å². The van der Waals surface area contributed by atoms with Crippen LogP contribution in [0, 0.1) is 23.7 Å². The Balaban J connectivity index is 2.31. The first-order valence-electron chi connectivity index (χ1n) is 10.1. The molecule has 1 fully saturated rings. The Morgan fingerprint density at radius 2 is 1.43 bits per heavy atom. The van der Waals surface area contributed by atoms with Gasteiger partial charge < -0.3 is 0 Å². The van der Waals surface area contributed by atoms with E-state index in [2.05, 4.69) is 27.7 Å². The van der Waals surface area contributed by atoms with Gasteiger partial charge in [-0.25, -0.2) is 0 Å². The van der Waals surface area contributed by atoms with Crippen molar-refractivity contribution in [3.63, 3.8) is 0 Å². The summed E-state index contributed by atoms with van der Waals surface area (Å²) in [5, 5.41) is 0. The van der Waals surface area contributed by atoms with Gasteiger partial charge in [0.15, 0.2) is 0 Å². The van der Waals surface area contributed by atoms with Gasteiger partial charge in [-0.1, -0.05) is 105 Å². The summed E-state index contributed by atoms with van der Waals surface area (Å²) in [5.41, 5.74) is 0. The minimum atomic E-state index is 0.893. The molecule has 126 valence electrons. The third-order valence-electron chi connectivity index (χ3n) is 5.66. The summed E-state index contributed by atoms with van der Waals surface area (Å²) in [6.07, 6.45) is 19.4. The highest BCUT2D eigenvalue weighted by molar-refractivity contribution is 4.71. The smallest absolute Gasteiger partial charge is 0.0388 e. The topological polar surface area (TPSA) is 0 Å². The molecule has 1 aliphatic carbocycles. The molecule has 0 aromatic heterocycles. The van der Waals surface area contributed by atoms with Gasteiger partial charge in [0, 0.05) is 0 Å². The van der Waals surface area contributed by atoms with Crippen molar-refractivity contribution >= 4 is 0 Å². The highest BCUT2D eigenvalue weighted by atomic mass is 14.3. The van der Waals surface area contributed by atoms with Crippen LogP contribution >= 0.6 is 0 Å². The van der Waals surface area contributed by atoms with Crippen molar-refractivity contribution in [3.8, 4) is 0 Å². The molecular weight excluding hydrogens is 252 g/mol. The zero-order valence-electron chi connectivity index (χ0n) is 15.5. The lowest BCUT2D eigenvalue weighted by molar-refractivity contribution is 0.241. The molecular formula is C21H42. The van der Waals surface area contributed by atoms with E-state index < -0.39 is 0 Å². The number of rotatable bonds is 7. The monoisotopic (exact) mass is 294 g/mol. The molecule has 0 heterocycles. The number of unbranched alkanes of at least 4 members (excludes halogenated alkanes) is 2. The quantitative estimate of drug-likeness (QED) is 0.424. The number of hydrogen-bond acceptors (Lipinski definition) is 0. The summed E-state index contributed by atoms with van der Waals surface area (Å²) in [6.45, 7) is 9.62. The predicted octanol–water partition coefficient (Wildman–Crippen LogP) is 7.62. The maximum absolute atomic E-state index is 2.45. The van der Waals surface area contributed by atoms with Crippen LogP contribution in [0.5, 0.6) is 0 Å². The van der Waals surface area contributed by atoms with Gasteiger partial charge in [0.25, 0.3) is 0 Å². The molecule has 21 heavy (non-hydrogen) atoms. The van der Waals surface area contributed by atoms with Crippen LogP contribution in [0.2, 0.25) is 0 Å². The molecule has 0 bridgehead atoms. The molecule has 0 aliphatic heterocycles. The average molecular weight is 295 g/mol. The fourth-order valence-electron chi connectivity index (χ4n) is 4.06. The first-order valence-corrected chi connectivity index (χ1v) is 10.1. The molecule has 2 unspecified atom stereocenters. The van der Waals surface area contributed by atoms with E-state index in [1.54, 1.807) is 0 Å². The zero-order chi connectivity index (χ0) is 15.5. The molecule has 0 heteroatoms. The van der Waals surface area contributed by atoms with Crippen LogP contribution in [0.15, 0.2) is 0 Å². The van der Waals surface area contributed by atoms with E-state index in [0.717, 1.165) is 23.7 Å². The molecule has 0 spiro atoms. The lowest BCUT2D eigenvalue weighted by Gasteiger charge is -2.28. The maximum Gasteiger partial charge on any atom is -0.0388 e. The molecule has 0 aromatic rings. The van der Waals surface area contributed by atoms with Gasteiger partial charge in [0.05, 0.1) is 0 Å². The van der Waals surface area contributed by atoms with Crippen LogP contribution in [0.3, 0.4) is 0 Å². The first-order chi connectivity index (χ1) is 10.1. The molecule has 0 radical (unpaired) electrons. The summed E-state index contributed by atoms with van der Waals surface area (Å²) in [6, 6.07) is 0. The van der Waals surface area contributed by atoms with Crippen LogP contribution < -0.4 is 0 Å². The fourth-order valence-corrected chi connectivity index (χ4v) is 4.06. The summed E-state index contributed by atoms with van der Waals surface area (Å²) in [4.78, 5) is 0. The van der Waals surface area contributed by atoms with Crippen LogP contribution in [-0.2, 0) is 0 Å². The van der Waals surface area contributed by atoms with Crippen molar-refractivity contribution in [1.29, 1.82) is 0 Å². The Morgan fingerprint density at radius 1 is 0.762 bits per heavy atom. The van der Waals surface area contributed by atoms with E-state index in [9.17, 15) is 0 Å². The van der Waals surface area contributed by atoms with E-state index >= 15 is 0 Å². The largest absolute Gasteiger partial charge is 0.0628 e. The highest BCUT2D eigenvalue weighted by Gasteiger charge is 2.19. The number of hydrogen-bond donors (Lipinski definition) is 0. The van der Waals surface area contributed by atoms with Gasteiger partial charge in [-0.15, -0.1) is 0 Å². The SMILES string of the molecule is CC(C)CCCCCC1CCCCCCCC(C(C)C)C1. The second-order valence-corrected chi connectivity index (χ2v) is 8.48. The van der Waals surface area contributed by atoms with Gasteiger partial charge in [-0.2, -0.15) is 0 Å².